The Bertz CT molecular complexity index is 599. The molecule has 0 atom stereocenters. The van der Waals surface area contributed by atoms with Gasteiger partial charge in [-0.05, 0) is 19.1 Å². The molecule has 6 heteroatoms. The van der Waals surface area contributed by atoms with Gasteiger partial charge >= 0.3 is 0 Å². The molecule has 84 valence electrons. The van der Waals surface area contributed by atoms with Crippen molar-refractivity contribution in [2.24, 2.45) is 7.05 Å². The highest BCUT2D eigenvalue weighted by Gasteiger charge is 2.20. The SMILES string of the molecule is Cc1ccc(S(=O)(=O)c2cn(C)nn2)cc1. The molecule has 2 rings (SSSR count). The number of aryl methyl sites for hydroxylation is 2. The zero-order valence-electron chi connectivity index (χ0n) is 8.95. The summed E-state index contributed by atoms with van der Waals surface area (Å²) in [6.07, 6.45) is 1.38. The van der Waals surface area contributed by atoms with Crippen LogP contribution in [0.1, 0.15) is 5.56 Å². The van der Waals surface area contributed by atoms with Crippen molar-refractivity contribution in [1.29, 1.82) is 0 Å². The van der Waals surface area contributed by atoms with Crippen molar-refractivity contribution in [2.75, 3.05) is 0 Å². The van der Waals surface area contributed by atoms with Gasteiger partial charge in [-0.2, -0.15) is 0 Å². The predicted octanol–water partition coefficient (Wildman–Crippen LogP) is 0.956. The van der Waals surface area contributed by atoms with Gasteiger partial charge in [0.05, 0.1) is 11.1 Å². The minimum Gasteiger partial charge on any atom is -0.254 e. The van der Waals surface area contributed by atoms with E-state index in [1.54, 1.807) is 31.3 Å². The Morgan fingerprint density at radius 1 is 1.19 bits per heavy atom. The molecule has 1 heterocycles. The third-order valence-electron chi connectivity index (χ3n) is 2.19. The highest BCUT2D eigenvalue weighted by atomic mass is 32.2. The molecule has 2 aromatic rings. The Balaban J connectivity index is 2.51. The van der Waals surface area contributed by atoms with Gasteiger partial charge in [-0.15, -0.1) is 5.10 Å². The van der Waals surface area contributed by atoms with Crippen molar-refractivity contribution in [3.8, 4) is 0 Å². The van der Waals surface area contributed by atoms with Crippen molar-refractivity contribution in [1.82, 2.24) is 15.0 Å². The summed E-state index contributed by atoms with van der Waals surface area (Å²) in [5.74, 6) is 0. The minimum absolute atomic E-state index is 0.0288. The van der Waals surface area contributed by atoms with E-state index in [1.807, 2.05) is 6.92 Å². The molecule has 0 saturated carbocycles. The van der Waals surface area contributed by atoms with Crippen LogP contribution in [0, 0.1) is 6.92 Å². The highest BCUT2D eigenvalue weighted by Crippen LogP contribution is 2.18. The van der Waals surface area contributed by atoms with Gasteiger partial charge < -0.3 is 0 Å². The number of hydrogen-bond acceptors (Lipinski definition) is 4. The van der Waals surface area contributed by atoms with E-state index in [1.165, 1.54) is 10.9 Å². The molecule has 0 aliphatic carbocycles. The van der Waals surface area contributed by atoms with Crippen molar-refractivity contribution in [2.45, 2.75) is 16.8 Å². The van der Waals surface area contributed by atoms with Gasteiger partial charge in [-0.25, -0.2) is 8.42 Å². The van der Waals surface area contributed by atoms with Crippen LogP contribution in [0.15, 0.2) is 40.4 Å². The van der Waals surface area contributed by atoms with E-state index in [0.29, 0.717) is 0 Å². The summed E-state index contributed by atoms with van der Waals surface area (Å²) in [6, 6.07) is 6.64. The first-order valence-corrected chi connectivity index (χ1v) is 6.16. The molecular formula is C10H11N3O2S. The number of rotatable bonds is 2. The van der Waals surface area contributed by atoms with E-state index in [4.69, 9.17) is 0 Å². The molecule has 0 aliphatic rings. The van der Waals surface area contributed by atoms with E-state index < -0.39 is 9.84 Å². The zero-order valence-corrected chi connectivity index (χ0v) is 9.77. The first kappa shape index (κ1) is 10.8. The van der Waals surface area contributed by atoms with Crippen LogP contribution in [0.3, 0.4) is 0 Å². The first-order valence-electron chi connectivity index (χ1n) is 4.68. The third kappa shape index (κ3) is 1.83. The molecule has 1 aromatic heterocycles. The number of aromatic nitrogens is 3. The fourth-order valence-electron chi connectivity index (χ4n) is 1.29. The molecule has 0 bridgehead atoms. The van der Waals surface area contributed by atoms with Crippen molar-refractivity contribution in [3.05, 3.63) is 36.0 Å². The molecule has 16 heavy (non-hydrogen) atoms. The lowest BCUT2D eigenvalue weighted by Gasteiger charge is -2.00. The van der Waals surface area contributed by atoms with Gasteiger partial charge in [-0.1, -0.05) is 22.9 Å². The Labute approximate surface area is 93.6 Å². The predicted molar refractivity (Wildman–Crippen MR) is 57.6 cm³/mol. The summed E-state index contributed by atoms with van der Waals surface area (Å²) in [5, 5.41) is 7.20. The third-order valence-corrected chi connectivity index (χ3v) is 3.82. The van der Waals surface area contributed by atoms with Crippen LogP contribution in [-0.4, -0.2) is 23.4 Å². The van der Waals surface area contributed by atoms with Gasteiger partial charge in [0, 0.05) is 7.05 Å². The van der Waals surface area contributed by atoms with Gasteiger partial charge in [0.1, 0.15) is 0 Å². The van der Waals surface area contributed by atoms with Crippen LogP contribution in [0.2, 0.25) is 0 Å². The van der Waals surface area contributed by atoms with Crippen LogP contribution in [0.4, 0.5) is 0 Å². The average molecular weight is 237 g/mol. The summed E-state index contributed by atoms with van der Waals surface area (Å²) in [5.41, 5.74) is 1.01. The lowest BCUT2D eigenvalue weighted by atomic mass is 10.2. The standard InChI is InChI=1S/C10H11N3O2S/c1-8-3-5-9(6-4-8)16(14,15)10-7-13(2)12-11-10/h3-7H,1-2H3. The van der Waals surface area contributed by atoms with Crippen LogP contribution in [0.5, 0.6) is 0 Å². The molecule has 0 unspecified atom stereocenters. The molecule has 0 radical (unpaired) electrons. The monoisotopic (exact) mass is 237 g/mol. The van der Waals surface area contributed by atoms with Crippen LogP contribution in [0.25, 0.3) is 0 Å². The van der Waals surface area contributed by atoms with Crippen molar-refractivity contribution >= 4 is 9.84 Å². The highest BCUT2D eigenvalue weighted by molar-refractivity contribution is 7.91. The lowest BCUT2D eigenvalue weighted by Crippen LogP contribution is -2.02. The fourth-order valence-corrected chi connectivity index (χ4v) is 2.46. The summed E-state index contributed by atoms with van der Waals surface area (Å²) in [6.45, 7) is 1.90. The number of nitrogens with zero attached hydrogens (tertiary/aromatic N) is 3. The molecule has 5 nitrogen and oxygen atoms in total. The molecule has 0 amide bonds. The van der Waals surface area contributed by atoms with E-state index in [-0.39, 0.29) is 9.92 Å². The van der Waals surface area contributed by atoms with Crippen LogP contribution in [-0.2, 0) is 16.9 Å². The first-order chi connectivity index (χ1) is 7.50. The molecular weight excluding hydrogens is 226 g/mol. The summed E-state index contributed by atoms with van der Waals surface area (Å²) < 4.78 is 25.4. The minimum atomic E-state index is -3.53. The van der Waals surface area contributed by atoms with Gasteiger partial charge in [0.15, 0.2) is 0 Å². The van der Waals surface area contributed by atoms with Crippen molar-refractivity contribution in [3.63, 3.8) is 0 Å². The summed E-state index contributed by atoms with van der Waals surface area (Å²) >= 11 is 0. The number of hydrogen-bond donors (Lipinski definition) is 0. The second kappa shape index (κ2) is 3.71. The summed E-state index contributed by atoms with van der Waals surface area (Å²) in [7, 11) is -1.90. The smallest absolute Gasteiger partial charge is 0.227 e. The number of sulfone groups is 1. The van der Waals surface area contributed by atoms with Crippen LogP contribution < -0.4 is 0 Å². The maximum Gasteiger partial charge on any atom is 0.227 e. The number of benzene rings is 1. The van der Waals surface area contributed by atoms with E-state index in [9.17, 15) is 8.42 Å². The molecule has 0 aliphatic heterocycles. The van der Waals surface area contributed by atoms with Gasteiger partial charge in [-0.3, -0.25) is 4.68 Å². The molecule has 1 aromatic carbocycles. The molecule has 0 N–H and O–H groups in total. The fraction of sp³-hybridized carbons (Fsp3) is 0.200. The van der Waals surface area contributed by atoms with Gasteiger partial charge in [0.25, 0.3) is 0 Å². The lowest BCUT2D eigenvalue weighted by molar-refractivity contribution is 0.592. The van der Waals surface area contributed by atoms with E-state index >= 15 is 0 Å². The normalized spacial score (nSPS) is 11.6. The van der Waals surface area contributed by atoms with E-state index in [2.05, 4.69) is 10.3 Å². The molecule has 0 saturated heterocycles. The Morgan fingerprint density at radius 2 is 1.81 bits per heavy atom. The maximum atomic E-state index is 12.0. The molecule has 0 spiro atoms. The average Bonchev–Trinajstić information content (AvgIpc) is 2.66. The zero-order chi connectivity index (χ0) is 11.8. The van der Waals surface area contributed by atoms with Crippen molar-refractivity contribution < 1.29 is 8.42 Å². The van der Waals surface area contributed by atoms with E-state index in [0.717, 1.165) is 5.56 Å². The topological polar surface area (TPSA) is 64.8 Å². The summed E-state index contributed by atoms with van der Waals surface area (Å²) in [4.78, 5) is 0.235. The maximum absolute atomic E-state index is 12.0. The Kier molecular flexibility index (Phi) is 2.51. The second-order valence-corrected chi connectivity index (χ2v) is 5.44. The largest absolute Gasteiger partial charge is 0.254 e. The Morgan fingerprint density at radius 3 is 2.31 bits per heavy atom. The molecule has 0 fully saturated rings. The second-order valence-electron chi connectivity index (χ2n) is 3.55. The van der Waals surface area contributed by atoms with Gasteiger partial charge in [0.2, 0.25) is 14.9 Å². The Hall–Kier alpha value is -1.69. The quantitative estimate of drug-likeness (QED) is 0.780. The van der Waals surface area contributed by atoms with Crippen LogP contribution >= 0.6 is 0 Å².